The van der Waals surface area contributed by atoms with Crippen molar-refractivity contribution in [1.29, 1.82) is 0 Å². The minimum absolute atomic E-state index is 0.254. The van der Waals surface area contributed by atoms with E-state index in [4.69, 9.17) is 14.6 Å². The van der Waals surface area contributed by atoms with Gasteiger partial charge in [0.05, 0.1) is 6.54 Å². The standard InChI is InChI=1S/C8H13NO4/c1-6(10)8(11)9-4-7-5-12-2-3-13-7/h5-6,10H,2-4H2,1H3,(H,9,11)/t6-/m1/s1. The van der Waals surface area contributed by atoms with Crippen LogP contribution in [0.5, 0.6) is 0 Å². The zero-order valence-electron chi connectivity index (χ0n) is 7.45. The van der Waals surface area contributed by atoms with Crippen LogP contribution in [0.2, 0.25) is 0 Å². The Labute approximate surface area is 76.3 Å². The summed E-state index contributed by atoms with van der Waals surface area (Å²) in [6.07, 6.45) is 0.469. The lowest BCUT2D eigenvalue weighted by atomic mass is 10.4. The molecule has 0 aromatic heterocycles. The third kappa shape index (κ3) is 3.33. The largest absolute Gasteiger partial charge is 0.494 e. The Morgan fingerprint density at radius 3 is 3.08 bits per heavy atom. The molecule has 0 aromatic carbocycles. The Morgan fingerprint density at radius 1 is 1.77 bits per heavy atom. The number of nitrogens with one attached hydrogen (secondary N) is 1. The van der Waals surface area contributed by atoms with Crippen LogP contribution in [0.1, 0.15) is 6.92 Å². The maximum Gasteiger partial charge on any atom is 0.248 e. The van der Waals surface area contributed by atoms with Gasteiger partial charge in [-0.25, -0.2) is 0 Å². The first-order valence-electron chi connectivity index (χ1n) is 4.09. The van der Waals surface area contributed by atoms with E-state index in [9.17, 15) is 4.79 Å². The van der Waals surface area contributed by atoms with E-state index in [1.165, 1.54) is 13.2 Å². The van der Waals surface area contributed by atoms with Gasteiger partial charge in [-0.2, -0.15) is 0 Å². The number of ether oxygens (including phenoxy) is 2. The molecule has 0 aromatic rings. The Hall–Kier alpha value is -1.23. The molecule has 1 amide bonds. The van der Waals surface area contributed by atoms with Crippen molar-refractivity contribution >= 4 is 5.91 Å². The molecule has 2 N–H and O–H groups in total. The lowest BCUT2D eigenvalue weighted by Gasteiger charge is -2.16. The van der Waals surface area contributed by atoms with Gasteiger partial charge in [-0.15, -0.1) is 0 Å². The third-order valence-electron chi connectivity index (χ3n) is 1.52. The number of carbonyl (C=O) groups is 1. The van der Waals surface area contributed by atoms with Crippen molar-refractivity contribution in [3.8, 4) is 0 Å². The van der Waals surface area contributed by atoms with Crippen LogP contribution in [0.25, 0.3) is 0 Å². The molecule has 1 rings (SSSR count). The van der Waals surface area contributed by atoms with Crippen molar-refractivity contribution < 1.29 is 19.4 Å². The SMILES string of the molecule is C[C@@H](O)C(=O)NCC1=COCCO1. The molecule has 0 saturated carbocycles. The van der Waals surface area contributed by atoms with Gasteiger partial charge in [0.1, 0.15) is 31.3 Å². The van der Waals surface area contributed by atoms with Gasteiger partial charge < -0.3 is 19.9 Å². The number of amides is 1. The smallest absolute Gasteiger partial charge is 0.248 e. The summed E-state index contributed by atoms with van der Waals surface area (Å²) < 4.78 is 10.1. The molecule has 1 heterocycles. The van der Waals surface area contributed by atoms with E-state index in [2.05, 4.69) is 5.32 Å². The molecule has 0 saturated heterocycles. The van der Waals surface area contributed by atoms with Crippen LogP contribution in [-0.2, 0) is 14.3 Å². The van der Waals surface area contributed by atoms with Crippen LogP contribution in [0, 0.1) is 0 Å². The highest BCUT2D eigenvalue weighted by Crippen LogP contribution is 2.01. The maximum atomic E-state index is 10.9. The third-order valence-corrected chi connectivity index (χ3v) is 1.52. The topological polar surface area (TPSA) is 67.8 Å². The van der Waals surface area contributed by atoms with Crippen molar-refractivity contribution in [3.05, 3.63) is 12.0 Å². The van der Waals surface area contributed by atoms with E-state index in [0.29, 0.717) is 19.0 Å². The van der Waals surface area contributed by atoms with Crippen LogP contribution >= 0.6 is 0 Å². The van der Waals surface area contributed by atoms with E-state index in [1.807, 2.05) is 0 Å². The van der Waals surface area contributed by atoms with Gasteiger partial charge in [0, 0.05) is 0 Å². The zero-order chi connectivity index (χ0) is 9.68. The number of rotatable bonds is 3. The first kappa shape index (κ1) is 9.85. The molecular formula is C8H13NO4. The van der Waals surface area contributed by atoms with E-state index in [1.54, 1.807) is 0 Å². The van der Waals surface area contributed by atoms with Gasteiger partial charge in [0.25, 0.3) is 0 Å². The quantitative estimate of drug-likeness (QED) is 0.617. The predicted molar refractivity (Wildman–Crippen MR) is 44.7 cm³/mol. The minimum Gasteiger partial charge on any atom is -0.494 e. The first-order valence-corrected chi connectivity index (χ1v) is 4.09. The minimum atomic E-state index is -0.995. The fraction of sp³-hybridized carbons (Fsp3) is 0.625. The number of carbonyl (C=O) groups excluding carboxylic acids is 1. The molecule has 0 unspecified atom stereocenters. The lowest BCUT2D eigenvalue weighted by Crippen LogP contribution is -2.34. The predicted octanol–water partition coefficient (Wildman–Crippen LogP) is -0.628. The van der Waals surface area contributed by atoms with E-state index >= 15 is 0 Å². The highest BCUT2D eigenvalue weighted by molar-refractivity contribution is 5.80. The highest BCUT2D eigenvalue weighted by Gasteiger charge is 2.10. The first-order chi connectivity index (χ1) is 6.20. The number of aliphatic hydroxyl groups is 1. The summed E-state index contributed by atoms with van der Waals surface area (Å²) in [5.41, 5.74) is 0. The van der Waals surface area contributed by atoms with Gasteiger partial charge in [-0.3, -0.25) is 4.79 Å². The van der Waals surface area contributed by atoms with Gasteiger partial charge >= 0.3 is 0 Å². The van der Waals surface area contributed by atoms with Crippen molar-refractivity contribution in [3.63, 3.8) is 0 Å². The van der Waals surface area contributed by atoms with Crippen molar-refractivity contribution in [1.82, 2.24) is 5.32 Å². The summed E-state index contributed by atoms with van der Waals surface area (Å²) in [6.45, 7) is 2.69. The molecule has 1 aliphatic heterocycles. The van der Waals surface area contributed by atoms with E-state index in [-0.39, 0.29) is 6.54 Å². The summed E-state index contributed by atoms with van der Waals surface area (Å²) in [5.74, 6) is 0.148. The second kappa shape index (κ2) is 4.71. The summed E-state index contributed by atoms with van der Waals surface area (Å²) >= 11 is 0. The second-order valence-electron chi connectivity index (χ2n) is 2.70. The van der Waals surface area contributed by atoms with E-state index < -0.39 is 12.0 Å². The van der Waals surface area contributed by atoms with Crippen LogP contribution < -0.4 is 5.32 Å². The van der Waals surface area contributed by atoms with E-state index in [0.717, 1.165) is 0 Å². The van der Waals surface area contributed by atoms with Crippen molar-refractivity contribution in [2.75, 3.05) is 19.8 Å². The average Bonchev–Trinajstić information content (AvgIpc) is 2.15. The zero-order valence-corrected chi connectivity index (χ0v) is 7.45. The molecule has 5 heteroatoms. The Kier molecular flexibility index (Phi) is 3.57. The second-order valence-corrected chi connectivity index (χ2v) is 2.70. The summed E-state index contributed by atoms with van der Waals surface area (Å²) in [4.78, 5) is 10.9. The number of aliphatic hydroxyl groups excluding tert-OH is 1. The Morgan fingerprint density at radius 2 is 2.54 bits per heavy atom. The highest BCUT2D eigenvalue weighted by atomic mass is 16.6. The van der Waals surface area contributed by atoms with Crippen LogP contribution in [0.15, 0.2) is 12.0 Å². The molecule has 74 valence electrons. The molecule has 0 bridgehead atoms. The molecule has 1 atom stereocenters. The molecule has 1 aliphatic rings. The lowest BCUT2D eigenvalue weighted by molar-refractivity contribution is -0.128. The molecule has 5 nitrogen and oxygen atoms in total. The monoisotopic (exact) mass is 187 g/mol. The molecular weight excluding hydrogens is 174 g/mol. The Bertz CT molecular complexity index is 212. The number of hydrogen-bond donors (Lipinski definition) is 2. The molecule has 0 aliphatic carbocycles. The van der Waals surface area contributed by atoms with Crippen LogP contribution in [0.4, 0.5) is 0 Å². The molecule has 0 radical (unpaired) electrons. The summed E-state index contributed by atoms with van der Waals surface area (Å²) in [7, 11) is 0. The van der Waals surface area contributed by atoms with Crippen molar-refractivity contribution in [2.24, 2.45) is 0 Å². The van der Waals surface area contributed by atoms with Crippen LogP contribution in [-0.4, -0.2) is 36.9 Å². The van der Waals surface area contributed by atoms with Gasteiger partial charge in [-0.1, -0.05) is 0 Å². The van der Waals surface area contributed by atoms with Gasteiger partial charge in [-0.05, 0) is 6.92 Å². The van der Waals surface area contributed by atoms with Gasteiger partial charge in [0.15, 0.2) is 0 Å². The average molecular weight is 187 g/mol. The maximum absolute atomic E-state index is 10.9. The normalized spacial score (nSPS) is 17.8. The summed E-state index contributed by atoms with van der Waals surface area (Å²) in [5, 5.41) is 11.3. The molecule has 0 fully saturated rings. The van der Waals surface area contributed by atoms with Crippen molar-refractivity contribution in [2.45, 2.75) is 13.0 Å². The van der Waals surface area contributed by atoms with Gasteiger partial charge in [0.2, 0.25) is 5.91 Å². The fourth-order valence-corrected chi connectivity index (χ4v) is 0.821. The molecule has 0 spiro atoms. The molecule has 13 heavy (non-hydrogen) atoms. The van der Waals surface area contributed by atoms with Crippen LogP contribution in [0.3, 0.4) is 0 Å². The fourth-order valence-electron chi connectivity index (χ4n) is 0.821. The Balaban J connectivity index is 2.25. The number of hydrogen-bond acceptors (Lipinski definition) is 4. The summed E-state index contributed by atoms with van der Waals surface area (Å²) in [6, 6.07) is 0.